The van der Waals surface area contributed by atoms with Crippen LogP contribution in [0.15, 0.2) is 218 Å². The number of nitrogens with zero attached hydrogens (tertiary/aromatic N) is 2. The number of ether oxygens (including phenoxy) is 2. The molecular weight excluding hydrogens is 685 g/mol. The van der Waals surface area contributed by atoms with Crippen molar-refractivity contribution in [3.05, 3.63) is 218 Å². The van der Waals surface area contributed by atoms with Gasteiger partial charge in [-0.05, 0) is 100 Å². The summed E-state index contributed by atoms with van der Waals surface area (Å²) in [5, 5.41) is 1.95. The molecule has 0 saturated carbocycles. The van der Waals surface area contributed by atoms with Crippen LogP contribution < -0.4 is 19.3 Å². The zero-order valence-corrected chi connectivity index (χ0v) is 30.5. The van der Waals surface area contributed by atoms with E-state index in [0.717, 1.165) is 56.4 Å². The number of hydrogen-bond acceptors (Lipinski definition) is 4. The Hall–Kier alpha value is -7.56. The second-order valence-corrected chi connectivity index (χ2v) is 13.8. The summed E-state index contributed by atoms with van der Waals surface area (Å²) in [6.07, 6.45) is 0. The highest BCUT2D eigenvalue weighted by atomic mass is 16.5. The van der Waals surface area contributed by atoms with Crippen LogP contribution in [0.2, 0.25) is 0 Å². The van der Waals surface area contributed by atoms with Crippen LogP contribution in [0.5, 0.6) is 23.0 Å². The summed E-state index contributed by atoms with van der Waals surface area (Å²) in [6, 6.07) is 76.0. The van der Waals surface area contributed by atoms with E-state index in [9.17, 15) is 0 Å². The lowest BCUT2D eigenvalue weighted by Gasteiger charge is -2.27. The van der Waals surface area contributed by atoms with Gasteiger partial charge in [0, 0.05) is 34.9 Å². The molecule has 9 aromatic rings. The van der Waals surface area contributed by atoms with E-state index in [2.05, 4.69) is 186 Å². The third-order valence-corrected chi connectivity index (χ3v) is 10.3. The quantitative estimate of drug-likeness (QED) is 0.156. The van der Waals surface area contributed by atoms with Crippen molar-refractivity contribution in [1.82, 2.24) is 0 Å². The summed E-state index contributed by atoms with van der Waals surface area (Å²) in [4.78, 5) is 4.53. The highest BCUT2D eigenvalue weighted by molar-refractivity contribution is 5.99. The molecule has 266 valence electrons. The molecule has 0 N–H and O–H groups in total. The fraction of sp³-hybridized carbons (Fsp3) is 0. The van der Waals surface area contributed by atoms with Gasteiger partial charge in [-0.25, -0.2) is 0 Å². The molecule has 0 aliphatic carbocycles. The lowest BCUT2D eigenvalue weighted by atomic mass is 10.0. The first-order chi connectivity index (χ1) is 27.7. The summed E-state index contributed by atoms with van der Waals surface area (Å²) < 4.78 is 13.6. The maximum Gasteiger partial charge on any atom is 0.172 e. The van der Waals surface area contributed by atoms with Crippen molar-refractivity contribution in [3.63, 3.8) is 0 Å². The molecule has 0 saturated heterocycles. The molecular formula is C52H36N2O2. The van der Waals surface area contributed by atoms with Crippen LogP contribution in [0.25, 0.3) is 33.0 Å². The normalized spacial score (nSPS) is 11.5. The standard InChI is InChI=1S/C52H36N2O2/c1-5-14-37(15-6-1)39-24-28-44(29-25-39)53(42-19-9-3-10-20-42)46-32-33-48-50(35-46)56-51-36-47(34-41-18-13-23-49(55-48)52(41)51)54(43-21-11-4-12-22-43)45-30-26-40(27-31-45)38-16-7-2-8-17-38/h1-36H. The van der Waals surface area contributed by atoms with E-state index in [1.165, 1.54) is 22.3 Å². The van der Waals surface area contributed by atoms with Crippen LogP contribution in [-0.2, 0) is 0 Å². The van der Waals surface area contributed by atoms with Gasteiger partial charge in [-0.3, -0.25) is 0 Å². The number of para-hydroxylation sites is 2. The number of hydrogen-bond donors (Lipinski definition) is 0. The Bertz CT molecular complexity index is 2770. The Morgan fingerprint density at radius 1 is 0.250 bits per heavy atom. The van der Waals surface area contributed by atoms with Crippen molar-refractivity contribution in [2.75, 3.05) is 9.80 Å². The van der Waals surface area contributed by atoms with Crippen molar-refractivity contribution in [2.45, 2.75) is 0 Å². The summed E-state index contributed by atoms with van der Waals surface area (Å²) >= 11 is 0. The van der Waals surface area contributed by atoms with E-state index in [1.54, 1.807) is 0 Å². The van der Waals surface area contributed by atoms with Gasteiger partial charge in [0.2, 0.25) is 0 Å². The number of fused-ring (bicyclic) bond motifs is 1. The summed E-state index contributed by atoms with van der Waals surface area (Å²) in [5.74, 6) is 2.77. The van der Waals surface area contributed by atoms with Crippen molar-refractivity contribution in [2.24, 2.45) is 0 Å². The molecule has 1 aliphatic heterocycles. The first kappa shape index (κ1) is 33.0. The van der Waals surface area contributed by atoms with Gasteiger partial charge in [0.25, 0.3) is 0 Å². The predicted octanol–water partition coefficient (Wildman–Crippen LogP) is 15.0. The van der Waals surface area contributed by atoms with Gasteiger partial charge in [0.05, 0.1) is 16.8 Å². The summed E-state index contributed by atoms with van der Waals surface area (Å²) in [5.41, 5.74) is 10.8. The molecule has 0 fully saturated rings. The fourth-order valence-corrected chi connectivity index (χ4v) is 7.59. The molecule has 0 spiro atoms. The molecule has 0 unspecified atom stereocenters. The Balaban J connectivity index is 1.06. The zero-order chi connectivity index (χ0) is 37.3. The van der Waals surface area contributed by atoms with Crippen molar-refractivity contribution in [3.8, 4) is 45.3 Å². The minimum Gasteiger partial charge on any atom is -0.453 e. The molecule has 10 rings (SSSR count). The molecule has 0 aromatic heterocycles. The Morgan fingerprint density at radius 2 is 0.679 bits per heavy atom. The third kappa shape index (κ3) is 6.29. The molecule has 4 nitrogen and oxygen atoms in total. The Kier molecular flexibility index (Phi) is 8.47. The first-order valence-corrected chi connectivity index (χ1v) is 18.8. The topological polar surface area (TPSA) is 24.9 Å². The lowest BCUT2D eigenvalue weighted by molar-refractivity contribution is 0.439. The van der Waals surface area contributed by atoms with Crippen LogP contribution in [0.4, 0.5) is 34.1 Å². The minimum atomic E-state index is 0.637. The summed E-state index contributed by atoms with van der Waals surface area (Å²) in [7, 11) is 0. The van der Waals surface area contributed by atoms with Crippen LogP contribution in [-0.4, -0.2) is 0 Å². The highest BCUT2D eigenvalue weighted by Gasteiger charge is 2.24. The van der Waals surface area contributed by atoms with E-state index < -0.39 is 0 Å². The second-order valence-electron chi connectivity index (χ2n) is 13.8. The molecule has 1 heterocycles. The van der Waals surface area contributed by atoms with Gasteiger partial charge < -0.3 is 19.3 Å². The number of anilines is 6. The number of rotatable bonds is 8. The van der Waals surface area contributed by atoms with Crippen LogP contribution in [0.3, 0.4) is 0 Å². The van der Waals surface area contributed by atoms with Crippen LogP contribution in [0, 0.1) is 0 Å². The lowest BCUT2D eigenvalue weighted by Crippen LogP contribution is -2.10. The van der Waals surface area contributed by atoms with Crippen LogP contribution >= 0.6 is 0 Å². The minimum absolute atomic E-state index is 0.637. The van der Waals surface area contributed by atoms with Crippen molar-refractivity contribution in [1.29, 1.82) is 0 Å². The molecule has 9 aromatic carbocycles. The van der Waals surface area contributed by atoms with E-state index in [0.29, 0.717) is 11.5 Å². The van der Waals surface area contributed by atoms with E-state index in [-0.39, 0.29) is 0 Å². The zero-order valence-electron chi connectivity index (χ0n) is 30.5. The van der Waals surface area contributed by atoms with Gasteiger partial charge in [-0.2, -0.15) is 0 Å². The Morgan fingerprint density at radius 3 is 1.23 bits per heavy atom. The van der Waals surface area contributed by atoms with Crippen LogP contribution in [0.1, 0.15) is 0 Å². The van der Waals surface area contributed by atoms with Crippen molar-refractivity contribution < 1.29 is 9.47 Å². The first-order valence-electron chi connectivity index (χ1n) is 18.8. The average Bonchev–Trinajstić information content (AvgIpc) is 3.42. The van der Waals surface area contributed by atoms with Gasteiger partial charge in [-0.15, -0.1) is 0 Å². The maximum absolute atomic E-state index is 6.98. The SMILES string of the molecule is c1ccc(-c2ccc(N(c3ccccc3)c3ccc4c(c3)Oc3cc(N(c5ccccc5)c5ccc(-c6ccccc6)cc5)cc5cccc(c35)O4)cc2)cc1. The second kappa shape index (κ2) is 14.3. The monoisotopic (exact) mass is 720 g/mol. The smallest absolute Gasteiger partial charge is 0.172 e. The van der Waals surface area contributed by atoms with Gasteiger partial charge in [0.15, 0.2) is 11.5 Å². The third-order valence-electron chi connectivity index (χ3n) is 10.3. The van der Waals surface area contributed by atoms with E-state index in [4.69, 9.17) is 9.47 Å². The predicted molar refractivity (Wildman–Crippen MR) is 231 cm³/mol. The largest absolute Gasteiger partial charge is 0.453 e. The number of benzene rings is 9. The highest BCUT2D eigenvalue weighted by Crippen LogP contribution is 2.50. The Labute approximate surface area is 326 Å². The van der Waals surface area contributed by atoms with E-state index in [1.807, 2.05) is 42.5 Å². The fourth-order valence-electron chi connectivity index (χ4n) is 7.59. The molecule has 4 heteroatoms. The molecule has 56 heavy (non-hydrogen) atoms. The van der Waals surface area contributed by atoms with Gasteiger partial charge in [0.1, 0.15) is 11.5 Å². The molecule has 1 aliphatic rings. The molecule has 0 amide bonds. The van der Waals surface area contributed by atoms with E-state index >= 15 is 0 Å². The molecule has 0 bridgehead atoms. The molecule has 0 atom stereocenters. The van der Waals surface area contributed by atoms with Gasteiger partial charge >= 0.3 is 0 Å². The summed E-state index contributed by atoms with van der Waals surface area (Å²) in [6.45, 7) is 0. The van der Waals surface area contributed by atoms with Gasteiger partial charge in [-0.1, -0.05) is 133 Å². The maximum atomic E-state index is 6.98. The average molecular weight is 721 g/mol. The van der Waals surface area contributed by atoms with Crippen molar-refractivity contribution >= 4 is 44.9 Å². The molecule has 0 radical (unpaired) electrons.